The minimum absolute atomic E-state index is 0.0265. The third-order valence-corrected chi connectivity index (χ3v) is 1.41. The first-order valence-electron chi connectivity index (χ1n) is 3.87. The lowest BCUT2D eigenvalue weighted by molar-refractivity contribution is 0.232. The molecule has 0 saturated carbocycles. The van der Waals surface area contributed by atoms with Gasteiger partial charge >= 0.3 is 0 Å². The van der Waals surface area contributed by atoms with Gasteiger partial charge in [0, 0.05) is 19.3 Å². The summed E-state index contributed by atoms with van der Waals surface area (Å²) in [5.41, 5.74) is 6.94. The average Bonchev–Trinajstić information content (AvgIpc) is 2.64. The summed E-state index contributed by atoms with van der Waals surface area (Å²) in [6.07, 6.45) is 4.19. The molecule has 0 aliphatic rings. The summed E-state index contributed by atoms with van der Waals surface area (Å²) >= 11 is 0. The van der Waals surface area contributed by atoms with E-state index >= 15 is 0 Å². The zero-order valence-corrected chi connectivity index (χ0v) is 7.09. The van der Waals surface area contributed by atoms with E-state index in [9.17, 15) is 0 Å². The van der Waals surface area contributed by atoms with Crippen molar-refractivity contribution in [2.24, 2.45) is 10.7 Å². The van der Waals surface area contributed by atoms with Crippen LogP contribution >= 0.6 is 0 Å². The molecule has 0 bridgehead atoms. The van der Waals surface area contributed by atoms with Gasteiger partial charge in [-0.15, -0.1) is 5.10 Å². The van der Waals surface area contributed by atoms with Gasteiger partial charge in [0.05, 0.1) is 6.20 Å². The van der Waals surface area contributed by atoms with Gasteiger partial charge in [0.15, 0.2) is 0 Å². The van der Waals surface area contributed by atoms with E-state index in [1.807, 2.05) is 0 Å². The minimum atomic E-state index is 0.0265. The Balaban J connectivity index is 2.15. The SMILES string of the molecule is NC(=NCCCn1ccnn1)NO. The van der Waals surface area contributed by atoms with Crippen LogP contribution in [-0.4, -0.2) is 32.7 Å². The van der Waals surface area contributed by atoms with Gasteiger partial charge in [-0.05, 0) is 6.42 Å². The Hall–Kier alpha value is -1.63. The molecule has 1 heterocycles. The fourth-order valence-electron chi connectivity index (χ4n) is 0.820. The molecule has 0 fully saturated rings. The summed E-state index contributed by atoms with van der Waals surface area (Å²) in [7, 11) is 0. The molecule has 1 rings (SSSR count). The average molecular weight is 184 g/mol. The van der Waals surface area contributed by atoms with E-state index in [1.165, 1.54) is 0 Å². The number of nitrogens with one attached hydrogen (secondary N) is 1. The highest BCUT2D eigenvalue weighted by atomic mass is 16.5. The summed E-state index contributed by atoms with van der Waals surface area (Å²) in [6.45, 7) is 1.28. The van der Waals surface area contributed by atoms with Crippen molar-refractivity contribution < 1.29 is 5.21 Å². The summed E-state index contributed by atoms with van der Waals surface area (Å²) in [4.78, 5) is 3.81. The monoisotopic (exact) mass is 184 g/mol. The molecular formula is C6H12N6O. The fourth-order valence-corrected chi connectivity index (χ4v) is 0.820. The molecule has 0 aromatic carbocycles. The van der Waals surface area contributed by atoms with Gasteiger partial charge in [-0.1, -0.05) is 5.21 Å². The van der Waals surface area contributed by atoms with E-state index in [-0.39, 0.29) is 5.96 Å². The van der Waals surface area contributed by atoms with E-state index in [4.69, 9.17) is 10.9 Å². The van der Waals surface area contributed by atoms with Gasteiger partial charge in [0.25, 0.3) is 0 Å². The lowest BCUT2D eigenvalue weighted by atomic mass is 10.4. The first-order valence-corrected chi connectivity index (χ1v) is 3.87. The topological polar surface area (TPSA) is 101 Å². The van der Waals surface area contributed by atoms with E-state index in [1.54, 1.807) is 22.6 Å². The van der Waals surface area contributed by atoms with Crippen LogP contribution in [0.3, 0.4) is 0 Å². The first kappa shape index (κ1) is 9.46. The number of rotatable bonds is 4. The van der Waals surface area contributed by atoms with Crippen molar-refractivity contribution in [1.29, 1.82) is 0 Å². The molecule has 1 aromatic heterocycles. The van der Waals surface area contributed by atoms with Crippen LogP contribution in [0.2, 0.25) is 0 Å². The van der Waals surface area contributed by atoms with Crippen LogP contribution in [0.15, 0.2) is 17.4 Å². The number of nitrogens with two attached hydrogens (primary N) is 1. The first-order chi connectivity index (χ1) is 6.33. The molecule has 0 radical (unpaired) electrons. The van der Waals surface area contributed by atoms with Crippen LogP contribution in [-0.2, 0) is 6.54 Å². The van der Waals surface area contributed by atoms with Crippen molar-refractivity contribution in [1.82, 2.24) is 20.5 Å². The van der Waals surface area contributed by atoms with Crippen LogP contribution in [0.1, 0.15) is 6.42 Å². The van der Waals surface area contributed by atoms with Gasteiger partial charge in [0.2, 0.25) is 5.96 Å². The van der Waals surface area contributed by atoms with Gasteiger partial charge in [-0.2, -0.15) is 0 Å². The summed E-state index contributed by atoms with van der Waals surface area (Å²) in [5, 5.41) is 15.7. The molecule has 4 N–H and O–H groups in total. The number of aryl methyl sites for hydroxylation is 1. The normalized spacial score (nSPS) is 11.6. The summed E-state index contributed by atoms with van der Waals surface area (Å²) < 4.78 is 1.71. The summed E-state index contributed by atoms with van der Waals surface area (Å²) in [6, 6.07) is 0. The Bertz CT molecular complexity index is 256. The largest absolute Gasteiger partial charge is 0.368 e. The van der Waals surface area contributed by atoms with Crippen molar-refractivity contribution in [3.8, 4) is 0 Å². The van der Waals surface area contributed by atoms with Gasteiger partial charge in [-0.3, -0.25) is 14.9 Å². The van der Waals surface area contributed by atoms with Gasteiger partial charge in [0.1, 0.15) is 0 Å². The fraction of sp³-hybridized carbons (Fsp3) is 0.500. The number of nitrogens with zero attached hydrogens (tertiary/aromatic N) is 4. The third-order valence-electron chi connectivity index (χ3n) is 1.41. The van der Waals surface area contributed by atoms with Crippen LogP contribution < -0.4 is 11.2 Å². The highest BCUT2D eigenvalue weighted by Gasteiger charge is 1.91. The predicted octanol–water partition coefficient (Wildman–Crippen LogP) is -1.04. The van der Waals surface area contributed by atoms with Gasteiger partial charge < -0.3 is 5.73 Å². The highest BCUT2D eigenvalue weighted by Crippen LogP contribution is 1.87. The van der Waals surface area contributed by atoms with Crippen molar-refractivity contribution in [2.45, 2.75) is 13.0 Å². The molecule has 0 unspecified atom stereocenters. The minimum Gasteiger partial charge on any atom is -0.368 e. The number of guanidine groups is 1. The standard InChI is InChI=1S/C6H12N6O/c7-6(10-13)8-2-1-4-12-5-3-9-11-12/h3,5,13H,1-2,4H2,(H3,7,8,10). The molecule has 0 saturated heterocycles. The van der Waals surface area contributed by atoms with Crippen LogP contribution in [0.4, 0.5) is 0 Å². The Morgan fingerprint density at radius 2 is 2.54 bits per heavy atom. The maximum Gasteiger partial charge on any atom is 0.212 e. The van der Waals surface area contributed by atoms with Crippen molar-refractivity contribution in [2.75, 3.05) is 6.54 Å². The van der Waals surface area contributed by atoms with E-state index < -0.39 is 0 Å². The van der Waals surface area contributed by atoms with Gasteiger partial charge in [-0.25, -0.2) is 5.48 Å². The van der Waals surface area contributed by atoms with E-state index in [2.05, 4.69) is 15.3 Å². The Labute approximate surface area is 75.2 Å². The predicted molar refractivity (Wildman–Crippen MR) is 46.1 cm³/mol. The molecule has 7 heteroatoms. The van der Waals surface area contributed by atoms with Crippen LogP contribution in [0.5, 0.6) is 0 Å². The summed E-state index contributed by atoms with van der Waals surface area (Å²) in [5.74, 6) is 0.0265. The molecule has 7 nitrogen and oxygen atoms in total. The maximum atomic E-state index is 8.28. The van der Waals surface area contributed by atoms with E-state index in [0.29, 0.717) is 6.54 Å². The third kappa shape index (κ3) is 3.52. The Morgan fingerprint density at radius 3 is 3.15 bits per heavy atom. The van der Waals surface area contributed by atoms with Crippen molar-refractivity contribution in [3.05, 3.63) is 12.4 Å². The second kappa shape index (κ2) is 5.09. The van der Waals surface area contributed by atoms with Crippen molar-refractivity contribution >= 4 is 5.96 Å². The second-order valence-electron chi connectivity index (χ2n) is 2.40. The Kier molecular flexibility index (Phi) is 3.71. The van der Waals surface area contributed by atoms with Crippen molar-refractivity contribution in [3.63, 3.8) is 0 Å². The molecule has 0 aliphatic heterocycles. The number of aromatic nitrogens is 3. The highest BCUT2D eigenvalue weighted by molar-refractivity contribution is 5.76. The number of hydrogen-bond acceptors (Lipinski definition) is 4. The molecule has 0 spiro atoms. The molecular weight excluding hydrogens is 172 g/mol. The number of hydrogen-bond donors (Lipinski definition) is 3. The molecule has 0 atom stereocenters. The zero-order valence-electron chi connectivity index (χ0n) is 7.09. The second-order valence-corrected chi connectivity index (χ2v) is 2.40. The quantitative estimate of drug-likeness (QED) is 0.240. The van der Waals surface area contributed by atoms with E-state index in [0.717, 1.165) is 13.0 Å². The Morgan fingerprint density at radius 1 is 1.69 bits per heavy atom. The smallest absolute Gasteiger partial charge is 0.212 e. The molecule has 13 heavy (non-hydrogen) atoms. The maximum absolute atomic E-state index is 8.28. The zero-order chi connectivity index (χ0) is 9.52. The molecule has 0 aliphatic carbocycles. The number of hydroxylamine groups is 1. The molecule has 1 aromatic rings. The van der Waals surface area contributed by atoms with Crippen LogP contribution in [0, 0.1) is 0 Å². The lowest BCUT2D eigenvalue weighted by Crippen LogP contribution is -2.28. The number of aliphatic imine (C=N–C) groups is 1. The lowest BCUT2D eigenvalue weighted by Gasteiger charge is -1.98. The van der Waals surface area contributed by atoms with Crippen LogP contribution in [0.25, 0.3) is 0 Å². The molecule has 72 valence electrons. The molecule has 0 amide bonds.